The van der Waals surface area contributed by atoms with E-state index in [1.165, 1.54) is 17.4 Å². The van der Waals surface area contributed by atoms with Gasteiger partial charge in [0.2, 0.25) is 10.0 Å². The summed E-state index contributed by atoms with van der Waals surface area (Å²) in [6, 6.07) is 2.32. The third kappa shape index (κ3) is 2.99. The number of anilines is 1. The first-order valence-electron chi connectivity index (χ1n) is 6.35. The van der Waals surface area contributed by atoms with E-state index in [9.17, 15) is 18.5 Å². The number of hydrogen-bond acceptors (Lipinski definition) is 6. The maximum atomic E-state index is 12.7. The standard InChI is InChI=1S/C12H17N3O4S2/c1-8-5-10(13)11(15(16)17)6-12(8)21(18,19)14(2)9-3-4-20-7-9/h5-6,9H,3-4,7,13H2,1-2H3. The summed E-state index contributed by atoms with van der Waals surface area (Å²) in [5.74, 6) is 1.66. The average molecular weight is 331 g/mol. The molecule has 1 aliphatic rings. The molecule has 2 N–H and O–H groups in total. The minimum absolute atomic E-state index is 0.0319. The summed E-state index contributed by atoms with van der Waals surface area (Å²) < 4.78 is 26.7. The predicted octanol–water partition coefficient (Wildman–Crippen LogP) is 1.61. The molecule has 0 aliphatic carbocycles. The van der Waals surface area contributed by atoms with E-state index in [2.05, 4.69) is 0 Å². The molecule has 1 saturated heterocycles. The molecule has 116 valence electrons. The molecule has 1 unspecified atom stereocenters. The fraction of sp³-hybridized carbons (Fsp3) is 0.500. The van der Waals surface area contributed by atoms with Gasteiger partial charge in [-0.15, -0.1) is 0 Å². The smallest absolute Gasteiger partial charge is 0.293 e. The Morgan fingerprint density at radius 1 is 1.48 bits per heavy atom. The number of thioether (sulfide) groups is 1. The van der Waals surface area contributed by atoms with E-state index in [1.54, 1.807) is 18.7 Å². The van der Waals surface area contributed by atoms with Gasteiger partial charge in [-0.05, 0) is 30.7 Å². The monoisotopic (exact) mass is 331 g/mol. The van der Waals surface area contributed by atoms with Crippen LogP contribution in [-0.2, 0) is 10.0 Å². The predicted molar refractivity (Wildman–Crippen MR) is 82.9 cm³/mol. The highest BCUT2D eigenvalue weighted by Gasteiger charge is 2.32. The lowest BCUT2D eigenvalue weighted by molar-refractivity contribution is -0.384. The molecule has 1 atom stereocenters. The van der Waals surface area contributed by atoms with Gasteiger partial charge in [0, 0.05) is 24.9 Å². The quantitative estimate of drug-likeness (QED) is 0.510. The van der Waals surface area contributed by atoms with Gasteiger partial charge in [-0.1, -0.05) is 0 Å². The summed E-state index contributed by atoms with van der Waals surface area (Å²) in [6.45, 7) is 1.59. The number of nitrogens with two attached hydrogens (primary N) is 1. The van der Waals surface area contributed by atoms with Gasteiger partial charge in [0.1, 0.15) is 5.69 Å². The number of sulfonamides is 1. The number of nitro groups is 1. The number of nitrogen functional groups attached to an aromatic ring is 1. The lowest BCUT2D eigenvalue weighted by Gasteiger charge is -2.24. The third-order valence-electron chi connectivity index (χ3n) is 3.60. The van der Waals surface area contributed by atoms with Gasteiger partial charge < -0.3 is 5.73 Å². The Balaban J connectivity index is 2.48. The Hall–Kier alpha value is -1.32. The summed E-state index contributed by atoms with van der Waals surface area (Å²) in [6.07, 6.45) is 0.788. The first-order chi connectivity index (χ1) is 9.75. The molecule has 0 spiro atoms. The van der Waals surface area contributed by atoms with Gasteiger partial charge in [-0.3, -0.25) is 10.1 Å². The van der Waals surface area contributed by atoms with E-state index in [0.717, 1.165) is 24.0 Å². The summed E-state index contributed by atoms with van der Waals surface area (Å²) in [5.41, 5.74) is 5.58. The van der Waals surface area contributed by atoms with Crippen molar-refractivity contribution in [2.45, 2.75) is 24.3 Å². The fourth-order valence-electron chi connectivity index (χ4n) is 2.30. The zero-order valence-corrected chi connectivity index (χ0v) is 13.4. The van der Waals surface area contributed by atoms with E-state index in [0.29, 0.717) is 5.56 Å². The second kappa shape index (κ2) is 5.82. The lowest BCUT2D eigenvalue weighted by atomic mass is 10.2. The van der Waals surface area contributed by atoms with Crippen LogP contribution in [0.2, 0.25) is 0 Å². The molecule has 9 heteroatoms. The lowest BCUT2D eigenvalue weighted by Crippen LogP contribution is -2.37. The molecule has 1 aromatic carbocycles. The van der Waals surface area contributed by atoms with Gasteiger partial charge in [0.15, 0.2) is 0 Å². The molecule has 1 aromatic rings. The van der Waals surface area contributed by atoms with Crippen LogP contribution in [0.4, 0.5) is 11.4 Å². The van der Waals surface area contributed by atoms with Crippen molar-refractivity contribution in [1.82, 2.24) is 4.31 Å². The van der Waals surface area contributed by atoms with Crippen LogP contribution in [-0.4, -0.2) is 42.2 Å². The molecule has 0 saturated carbocycles. The van der Waals surface area contributed by atoms with E-state index >= 15 is 0 Å². The topological polar surface area (TPSA) is 107 Å². The fourth-order valence-corrected chi connectivity index (χ4v) is 5.27. The molecule has 0 radical (unpaired) electrons. The SMILES string of the molecule is Cc1cc(N)c([N+](=O)[O-])cc1S(=O)(=O)N(C)C1CCSC1. The normalized spacial score (nSPS) is 19.1. The highest BCUT2D eigenvalue weighted by atomic mass is 32.2. The molecular weight excluding hydrogens is 314 g/mol. The van der Waals surface area contributed by atoms with Gasteiger partial charge in [-0.2, -0.15) is 16.1 Å². The Morgan fingerprint density at radius 2 is 2.14 bits per heavy atom. The maximum absolute atomic E-state index is 12.7. The molecular formula is C12H17N3O4S2. The Labute approximate surface area is 127 Å². The summed E-state index contributed by atoms with van der Waals surface area (Å²) in [4.78, 5) is 10.2. The highest BCUT2D eigenvalue weighted by molar-refractivity contribution is 7.99. The molecule has 1 heterocycles. The van der Waals surface area contributed by atoms with Crippen LogP contribution in [0.3, 0.4) is 0 Å². The molecule has 7 nitrogen and oxygen atoms in total. The van der Waals surface area contributed by atoms with Gasteiger partial charge in [-0.25, -0.2) is 8.42 Å². The van der Waals surface area contributed by atoms with Crippen LogP contribution < -0.4 is 5.73 Å². The molecule has 0 aromatic heterocycles. The number of rotatable bonds is 4. The van der Waals surface area contributed by atoms with Gasteiger partial charge in [0.05, 0.1) is 9.82 Å². The molecule has 1 fully saturated rings. The Morgan fingerprint density at radius 3 is 2.67 bits per heavy atom. The third-order valence-corrected chi connectivity index (χ3v) is 6.79. The van der Waals surface area contributed by atoms with Gasteiger partial charge >= 0.3 is 0 Å². The molecule has 0 amide bonds. The zero-order valence-electron chi connectivity index (χ0n) is 11.8. The molecule has 0 bridgehead atoms. The van der Waals surface area contributed by atoms with Crippen molar-refractivity contribution in [1.29, 1.82) is 0 Å². The van der Waals surface area contributed by atoms with Crippen molar-refractivity contribution in [3.63, 3.8) is 0 Å². The summed E-state index contributed by atoms with van der Waals surface area (Å²) in [7, 11) is -2.24. The van der Waals surface area contributed by atoms with Crippen molar-refractivity contribution in [3.05, 3.63) is 27.8 Å². The van der Waals surface area contributed by atoms with E-state index in [4.69, 9.17) is 5.73 Å². The first kappa shape index (κ1) is 16.1. The highest BCUT2D eigenvalue weighted by Crippen LogP contribution is 2.32. The second-order valence-electron chi connectivity index (χ2n) is 4.97. The second-order valence-corrected chi connectivity index (χ2v) is 8.09. The van der Waals surface area contributed by atoms with Crippen molar-refractivity contribution < 1.29 is 13.3 Å². The number of nitro benzene ring substituents is 1. The largest absolute Gasteiger partial charge is 0.393 e. The van der Waals surface area contributed by atoms with Crippen molar-refractivity contribution >= 4 is 33.2 Å². The number of aryl methyl sites for hydroxylation is 1. The van der Waals surface area contributed by atoms with E-state index in [1.807, 2.05) is 0 Å². The van der Waals surface area contributed by atoms with Crippen LogP contribution in [0.15, 0.2) is 17.0 Å². The molecule has 2 rings (SSSR count). The first-order valence-corrected chi connectivity index (χ1v) is 8.95. The van der Waals surface area contributed by atoms with Crippen LogP contribution in [0.25, 0.3) is 0 Å². The maximum Gasteiger partial charge on any atom is 0.293 e. The van der Waals surface area contributed by atoms with Crippen molar-refractivity contribution in [3.8, 4) is 0 Å². The van der Waals surface area contributed by atoms with E-state index < -0.39 is 14.9 Å². The zero-order chi connectivity index (χ0) is 15.8. The number of nitrogens with zero attached hydrogens (tertiary/aromatic N) is 2. The molecule has 21 heavy (non-hydrogen) atoms. The Kier molecular flexibility index (Phi) is 4.45. The summed E-state index contributed by atoms with van der Waals surface area (Å²) in [5, 5.41) is 11.0. The number of benzene rings is 1. The van der Waals surface area contributed by atoms with Gasteiger partial charge in [0.25, 0.3) is 5.69 Å². The summed E-state index contributed by atoms with van der Waals surface area (Å²) >= 11 is 1.70. The molecule has 1 aliphatic heterocycles. The van der Waals surface area contributed by atoms with Crippen LogP contribution in [0.1, 0.15) is 12.0 Å². The van der Waals surface area contributed by atoms with Crippen LogP contribution in [0.5, 0.6) is 0 Å². The average Bonchev–Trinajstić information content (AvgIpc) is 2.90. The van der Waals surface area contributed by atoms with E-state index in [-0.39, 0.29) is 22.3 Å². The van der Waals surface area contributed by atoms with Crippen LogP contribution in [0, 0.1) is 17.0 Å². The minimum atomic E-state index is -3.77. The van der Waals surface area contributed by atoms with Crippen molar-refractivity contribution in [2.24, 2.45) is 0 Å². The Bertz CT molecular complexity index is 669. The minimum Gasteiger partial charge on any atom is -0.393 e. The number of hydrogen-bond donors (Lipinski definition) is 1. The van der Waals surface area contributed by atoms with Crippen LogP contribution >= 0.6 is 11.8 Å². The van der Waals surface area contributed by atoms with Crippen molar-refractivity contribution in [2.75, 3.05) is 24.3 Å².